The molecule has 1 aromatic heterocycles. The Morgan fingerprint density at radius 2 is 1.72 bits per heavy atom. The number of aromatic nitrogens is 2. The maximum Gasteiger partial charge on any atom is 0.253 e. The Morgan fingerprint density at radius 1 is 1.05 bits per heavy atom. The highest BCUT2D eigenvalue weighted by molar-refractivity contribution is 6.06. The van der Waals surface area contributed by atoms with Gasteiger partial charge in [-0.3, -0.25) is 14.4 Å². The molecule has 10 nitrogen and oxygen atoms in total. The molecule has 2 aliphatic rings. The Labute approximate surface area is 227 Å². The van der Waals surface area contributed by atoms with Crippen molar-refractivity contribution in [1.29, 1.82) is 0 Å². The van der Waals surface area contributed by atoms with Crippen LogP contribution in [0.3, 0.4) is 0 Å². The lowest BCUT2D eigenvalue weighted by Gasteiger charge is -2.19. The molecule has 10 heteroatoms. The summed E-state index contributed by atoms with van der Waals surface area (Å²) in [5, 5.41) is 17.4. The van der Waals surface area contributed by atoms with Crippen molar-refractivity contribution in [2.45, 2.75) is 57.5 Å². The van der Waals surface area contributed by atoms with Crippen LogP contribution in [0.5, 0.6) is 5.75 Å². The standard InChI is InChI=1S/C29H38N6O4/c1-17-27(37)21(16-30-12-10-18-6-4-14-34(18)2)24-26(28(17)38)33-23-20(8-9-22(36)25(23)32-24)29(39)31-13-11-19-7-5-15-35(19)3/h8-9,16,18-19,30,33,37H,4-7,10-15H2,1-3H3,(H,31,39)/b21-16-. The van der Waals surface area contributed by atoms with E-state index in [0.717, 1.165) is 38.8 Å². The zero-order valence-electron chi connectivity index (χ0n) is 23.0. The van der Waals surface area contributed by atoms with Gasteiger partial charge in [0.2, 0.25) is 10.9 Å². The topological polar surface area (TPSA) is 131 Å². The number of likely N-dealkylation sites (tertiary alicyclic amines) is 2. The third-order valence-corrected chi connectivity index (χ3v) is 8.50. The number of benzene rings is 2. The lowest BCUT2D eigenvalue weighted by molar-refractivity contribution is 0.0951. The molecule has 3 aromatic rings. The summed E-state index contributed by atoms with van der Waals surface area (Å²) < 4.78 is 0. The van der Waals surface area contributed by atoms with Crippen molar-refractivity contribution in [2.75, 3.05) is 40.3 Å². The summed E-state index contributed by atoms with van der Waals surface area (Å²) in [5.41, 5.74) is 0.248. The van der Waals surface area contributed by atoms with Gasteiger partial charge in [0.1, 0.15) is 22.3 Å². The lowest BCUT2D eigenvalue weighted by Crippen LogP contribution is -2.32. The average molecular weight is 535 g/mol. The molecule has 2 fully saturated rings. The molecule has 5 rings (SSSR count). The third-order valence-electron chi connectivity index (χ3n) is 8.50. The van der Waals surface area contributed by atoms with Gasteiger partial charge in [-0.15, -0.1) is 0 Å². The Kier molecular flexibility index (Phi) is 7.86. The van der Waals surface area contributed by atoms with Crippen molar-refractivity contribution >= 4 is 34.2 Å². The molecule has 2 aromatic carbocycles. The van der Waals surface area contributed by atoms with E-state index in [2.05, 4.69) is 44.5 Å². The predicted molar refractivity (Wildman–Crippen MR) is 153 cm³/mol. The van der Waals surface area contributed by atoms with E-state index in [-0.39, 0.29) is 50.3 Å². The van der Waals surface area contributed by atoms with Crippen LogP contribution in [0, 0.1) is 6.92 Å². The van der Waals surface area contributed by atoms with Gasteiger partial charge in [-0.2, -0.15) is 0 Å². The van der Waals surface area contributed by atoms with E-state index in [1.54, 1.807) is 13.1 Å². The monoisotopic (exact) mass is 534 g/mol. The molecule has 0 radical (unpaired) electrons. The summed E-state index contributed by atoms with van der Waals surface area (Å²) >= 11 is 0. The van der Waals surface area contributed by atoms with Gasteiger partial charge in [0.05, 0.1) is 16.3 Å². The Bertz CT molecular complexity index is 1570. The molecule has 4 N–H and O–H groups in total. The van der Waals surface area contributed by atoms with Crippen molar-refractivity contribution in [3.8, 4) is 5.75 Å². The number of aromatic amines is 1. The summed E-state index contributed by atoms with van der Waals surface area (Å²) in [6.45, 7) is 4.93. The number of rotatable bonds is 8. The van der Waals surface area contributed by atoms with E-state index in [1.807, 2.05) is 0 Å². The fourth-order valence-electron chi connectivity index (χ4n) is 6.02. The molecular weight excluding hydrogens is 496 g/mol. The van der Waals surface area contributed by atoms with Crippen LogP contribution in [0.1, 0.15) is 54.4 Å². The largest absolute Gasteiger partial charge is 0.507 e. The molecule has 39 heavy (non-hydrogen) atoms. The summed E-state index contributed by atoms with van der Waals surface area (Å²) in [6.07, 6.45) is 8.10. The van der Waals surface area contributed by atoms with Gasteiger partial charge in [0.25, 0.3) is 5.91 Å². The summed E-state index contributed by atoms with van der Waals surface area (Å²) in [5.74, 6) is -0.497. The number of phenolic OH excluding ortho intramolecular Hbond substituents is 1. The highest BCUT2D eigenvalue weighted by Gasteiger charge is 2.22. The molecule has 208 valence electrons. The third kappa shape index (κ3) is 5.35. The molecule has 2 atom stereocenters. The number of carbonyl (C=O) groups excluding carboxylic acids is 1. The van der Waals surface area contributed by atoms with Crippen molar-refractivity contribution < 1.29 is 9.90 Å². The number of aromatic hydroxyl groups is 1. The van der Waals surface area contributed by atoms with Gasteiger partial charge in [-0.25, -0.2) is 4.98 Å². The minimum atomic E-state index is -0.423. The Hall–Kier alpha value is -3.50. The minimum Gasteiger partial charge on any atom is -0.507 e. The van der Waals surface area contributed by atoms with Crippen LogP contribution in [0.25, 0.3) is 28.3 Å². The minimum absolute atomic E-state index is 0.0514. The maximum atomic E-state index is 13.1. The number of hydrogen-bond donors (Lipinski definition) is 4. The van der Waals surface area contributed by atoms with Crippen LogP contribution in [0.4, 0.5) is 0 Å². The zero-order chi connectivity index (χ0) is 27.7. The van der Waals surface area contributed by atoms with Crippen LogP contribution >= 0.6 is 0 Å². The van der Waals surface area contributed by atoms with Crippen molar-refractivity contribution in [3.05, 3.63) is 48.9 Å². The highest BCUT2D eigenvalue weighted by atomic mass is 16.3. The van der Waals surface area contributed by atoms with Crippen molar-refractivity contribution in [1.82, 2.24) is 30.4 Å². The number of phenols is 1. The van der Waals surface area contributed by atoms with E-state index in [4.69, 9.17) is 0 Å². The Balaban J connectivity index is 1.47. The first kappa shape index (κ1) is 27.1. The molecule has 0 bridgehead atoms. The van der Waals surface area contributed by atoms with Gasteiger partial charge in [0.15, 0.2) is 0 Å². The van der Waals surface area contributed by atoms with Crippen LogP contribution < -0.4 is 26.7 Å². The number of hydrogen-bond acceptors (Lipinski definition) is 8. The van der Waals surface area contributed by atoms with Gasteiger partial charge >= 0.3 is 0 Å². The second-order valence-electron chi connectivity index (χ2n) is 11.0. The quantitative estimate of drug-likeness (QED) is 0.251. The molecule has 1 amide bonds. The number of amides is 1. The smallest absolute Gasteiger partial charge is 0.253 e. The van der Waals surface area contributed by atoms with Gasteiger partial charge in [-0.05, 0) is 84.8 Å². The molecule has 3 heterocycles. The predicted octanol–water partition coefficient (Wildman–Crippen LogP) is 1.20. The lowest BCUT2D eigenvalue weighted by atomic mass is 10.1. The maximum absolute atomic E-state index is 13.1. The van der Waals surface area contributed by atoms with Gasteiger partial charge in [-0.1, -0.05) is 0 Å². The number of carbonyl (C=O) groups is 1. The summed E-state index contributed by atoms with van der Waals surface area (Å²) in [4.78, 5) is 51.3. The first-order valence-corrected chi connectivity index (χ1v) is 13.9. The van der Waals surface area contributed by atoms with E-state index in [1.165, 1.54) is 25.0 Å². The molecule has 0 aliphatic carbocycles. The van der Waals surface area contributed by atoms with Crippen LogP contribution in [-0.4, -0.2) is 83.1 Å². The second kappa shape index (κ2) is 11.3. The van der Waals surface area contributed by atoms with E-state index in [0.29, 0.717) is 30.4 Å². The number of fused-ring (bicyclic) bond motifs is 2. The van der Waals surface area contributed by atoms with Crippen LogP contribution in [-0.2, 0) is 0 Å². The number of nitrogens with one attached hydrogen (secondary N) is 3. The molecule has 2 unspecified atom stereocenters. The van der Waals surface area contributed by atoms with Crippen molar-refractivity contribution in [3.63, 3.8) is 0 Å². The number of H-pyrrole nitrogens is 1. The second-order valence-corrected chi connectivity index (χ2v) is 11.0. The molecule has 2 saturated heterocycles. The summed E-state index contributed by atoms with van der Waals surface area (Å²) in [7, 11) is 4.23. The van der Waals surface area contributed by atoms with Gasteiger partial charge in [0, 0.05) is 36.9 Å². The van der Waals surface area contributed by atoms with E-state index >= 15 is 0 Å². The van der Waals surface area contributed by atoms with Crippen LogP contribution in [0.15, 0.2) is 21.7 Å². The van der Waals surface area contributed by atoms with E-state index < -0.39 is 5.43 Å². The first-order chi connectivity index (χ1) is 18.8. The average Bonchev–Trinajstić information content (AvgIpc) is 3.53. The normalized spacial score (nSPS) is 20.8. The number of nitrogens with zero attached hydrogens (tertiary/aromatic N) is 3. The highest BCUT2D eigenvalue weighted by Crippen LogP contribution is 2.20. The zero-order valence-corrected chi connectivity index (χ0v) is 23.0. The fourth-order valence-corrected chi connectivity index (χ4v) is 6.02. The van der Waals surface area contributed by atoms with Gasteiger partial charge < -0.3 is 30.5 Å². The Morgan fingerprint density at radius 3 is 2.36 bits per heavy atom. The first-order valence-electron chi connectivity index (χ1n) is 13.9. The molecular formula is C29H38N6O4. The fraction of sp³-hybridized carbons (Fsp3) is 0.517. The summed E-state index contributed by atoms with van der Waals surface area (Å²) in [6, 6.07) is 3.76. The SMILES string of the molecule is Cc1c(O)/c(=C\NCCC2CCCN2C)c2nc3c(=O)ccc(C(=O)NCCC4CCCN4C)c3[nH]c2c1=O. The van der Waals surface area contributed by atoms with E-state index in [9.17, 15) is 19.5 Å². The molecule has 0 saturated carbocycles. The molecule has 0 spiro atoms. The van der Waals surface area contributed by atoms with Crippen molar-refractivity contribution in [2.24, 2.45) is 0 Å². The van der Waals surface area contributed by atoms with Crippen LogP contribution in [0.2, 0.25) is 0 Å². The molecule has 2 aliphatic heterocycles.